The molecule has 5 heteroatoms. The van der Waals surface area contributed by atoms with Crippen molar-refractivity contribution in [3.05, 3.63) is 0 Å². The zero-order valence-electron chi connectivity index (χ0n) is 8.27. The van der Waals surface area contributed by atoms with E-state index in [-0.39, 0.29) is 17.4 Å². The SMILES string of the molecule is CC(C)S(=O)(=O)N(C)C1CC(O)C1. The average molecular weight is 207 g/mol. The second-order valence-electron chi connectivity index (χ2n) is 3.89. The van der Waals surface area contributed by atoms with Crippen LogP contribution in [0.3, 0.4) is 0 Å². The predicted molar refractivity (Wildman–Crippen MR) is 50.8 cm³/mol. The van der Waals surface area contributed by atoms with Crippen LogP contribution in [0.5, 0.6) is 0 Å². The molecule has 78 valence electrons. The highest BCUT2D eigenvalue weighted by atomic mass is 32.2. The molecule has 4 nitrogen and oxygen atoms in total. The molecule has 0 spiro atoms. The van der Waals surface area contributed by atoms with Crippen LogP contribution < -0.4 is 0 Å². The summed E-state index contributed by atoms with van der Waals surface area (Å²) in [5.74, 6) is 0. The zero-order valence-corrected chi connectivity index (χ0v) is 9.08. The number of aliphatic hydroxyl groups excluding tert-OH is 1. The fourth-order valence-electron chi connectivity index (χ4n) is 1.40. The van der Waals surface area contributed by atoms with Crippen LogP contribution in [0.4, 0.5) is 0 Å². The molecule has 0 bridgehead atoms. The molecule has 0 atom stereocenters. The lowest BCUT2D eigenvalue weighted by atomic mass is 9.90. The smallest absolute Gasteiger partial charge is 0.216 e. The van der Waals surface area contributed by atoms with Gasteiger partial charge in [-0.05, 0) is 26.7 Å². The highest BCUT2D eigenvalue weighted by molar-refractivity contribution is 7.89. The first-order chi connectivity index (χ1) is 5.85. The van der Waals surface area contributed by atoms with Crippen molar-refractivity contribution in [3.8, 4) is 0 Å². The molecule has 13 heavy (non-hydrogen) atoms. The van der Waals surface area contributed by atoms with Crippen LogP contribution in [0.25, 0.3) is 0 Å². The second-order valence-corrected chi connectivity index (χ2v) is 6.44. The molecule has 1 fully saturated rings. The van der Waals surface area contributed by atoms with Gasteiger partial charge in [-0.2, -0.15) is 0 Å². The lowest BCUT2D eigenvalue weighted by Gasteiger charge is -2.38. The van der Waals surface area contributed by atoms with Gasteiger partial charge in [0, 0.05) is 13.1 Å². The van der Waals surface area contributed by atoms with E-state index in [1.54, 1.807) is 20.9 Å². The van der Waals surface area contributed by atoms with Crippen LogP contribution in [0.15, 0.2) is 0 Å². The largest absolute Gasteiger partial charge is 0.393 e. The number of sulfonamides is 1. The van der Waals surface area contributed by atoms with E-state index in [0.717, 1.165) is 0 Å². The Kier molecular flexibility index (Phi) is 2.99. The standard InChI is InChI=1S/C8H17NO3S/c1-6(2)13(11,12)9(3)7-4-8(10)5-7/h6-8,10H,4-5H2,1-3H3. The summed E-state index contributed by atoms with van der Waals surface area (Å²) in [5.41, 5.74) is 0. The zero-order chi connectivity index (χ0) is 10.2. The van der Waals surface area contributed by atoms with Crippen LogP contribution in [-0.2, 0) is 10.0 Å². The van der Waals surface area contributed by atoms with Crippen molar-refractivity contribution in [1.29, 1.82) is 0 Å². The summed E-state index contributed by atoms with van der Waals surface area (Å²) in [6, 6.07) is 0.00222. The maximum atomic E-state index is 11.6. The van der Waals surface area contributed by atoms with Crippen molar-refractivity contribution in [2.24, 2.45) is 0 Å². The van der Waals surface area contributed by atoms with Gasteiger partial charge in [0.15, 0.2) is 0 Å². The van der Waals surface area contributed by atoms with Crippen molar-refractivity contribution in [1.82, 2.24) is 4.31 Å². The van der Waals surface area contributed by atoms with Crippen LogP contribution in [0.1, 0.15) is 26.7 Å². The van der Waals surface area contributed by atoms with E-state index in [1.165, 1.54) is 4.31 Å². The number of aliphatic hydroxyl groups is 1. The predicted octanol–water partition coefficient (Wildman–Crippen LogP) is 0.180. The molecule has 1 N–H and O–H groups in total. The number of rotatable bonds is 3. The molecule has 1 rings (SSSR count). The van der Waals surface area contributed by atoms with E-state index < -0.39 is 10.0 Å². The highest BCUT2D eigenvalue weighted by Gasteiger charge is 2.37. The fourth-order valence-corrected chi connectivity index (χ4v) is 2.65. The second kappa shape index (κ2) is 3.55. The average Bonchev–Trinajstić information content (AvgIpc) is 1.97. The minimum atomic E-state index is -3.14. The van der Waals surface area contributed by atoms with E-state index in [9.17, 15) is 8.42 Å². The number of hydrogen-bond acceptors (Lipinski definition) is 3. The van der Waals surface area contributed by atoms with Gasteiger partial charge in [0.05, 0.1) is 11.4 Å². The third-order valence-corrected chi connectivity index (χ3v) is 4.89. The van der Waals surface area contributed by atoms with Crippen LogP contribution >= 0.6 is 0 Å². The minimum Gasteiger partial charge on any atom is -0.393 e. The normalized spacial score (nSPS) is 29.4. The molecule has 0 unspecified atom stereocenters. The van der Waals surface area contributed by atoms with Gasteiger partial charge >= 0.3 is 0 Å². The Balaban J connectivity index is 2.63. The van der Waals surface area contributed by atoms with E-state index in [1.807, 2.05) is 0 Å². The van der Waals surface area contributed by atoms with Gasteiger partial charge in [-0.3, -0.25) is 0 Å². The van der Waals surface area contributed by atoms with Crippen molar-refractivity contribution in [2.75, 3.05) is 7.05 Å². The topological polar surface area (TPSA) is 57.6 Å². The van der Waals surface area contributed by atoms with Crippen molar-refractivity contribution in [2.45, 2.75) is 44.1 Å². The molecular formula is C8H17NO3S. The van der Waals surface area contributed by atoms with Gasteiger partial charge in [-0.1, -0.05) is 0 Å². The Bertz CT molecular complexity index is 267. The molecule has 1 saturated carbocycles. The third kappa shape index (κ3) is 2.03. The molecule has 0 aromatic heterocycles. The molecule has 0 aromatic rings. The Hall–Kier alpha value is -0.130. The van der Waals surface area contributed by atoms with Gasteiger partial charge in [0.1, 0.15) is 0 Å². The van der Waals surface area contributed by atoms with Crippen molar-refractivity contribution in [3.63, 3.8) is 0 Å². The summed E-state index contributed by atoms with van der Waals surface area (Å²) in [6.45, 7) is 3.34. The summed E-state index contributed by atoms with van der Waals surface area (Å²) < 4.78 is 24.6. The van der Waals surface area contributed by atoms with E-state index in [2.05, 4.69) is 0 Å². The lowest BCUT2D eigenvalue weighted by Crippen LogP contribution is -2.49. The quantitative estimate of drug-likeness (QED) is 0.718. The molecule has 0 aromatic carbocycles. The molecule has 0 amide bonds. The van der Waals surface area contributed by atoms with E-state index >= 15 is 0 Å². The summed E-state index contributed by atoms with van der Waals surface area (Å²) in [4.78, 5) is 0. The van der Waals surface area contributed by atoms with Crippen LogP contribution in [0, 0.1) is 0 Å². The molecule has 0 radical (unpaired) electrons. The maximum absolute atomic E-state index is 11.6. The third-order valence-electron chi connectivity index (χ3n) is 2.60. The molecule has 1 aliphatic rings. The number of nitrogens with zero attached hydrogens (tertiary/aromatic N) is 1. The van der Waals surface area contributed by atoms with E-state index in [4.69, 9.17) is 5.11 Å². The van der Waals surface area contributed by atoms with Gasteiger partial charge in [-0.15, -0.1) is 0 Å². The molecule has 1 aliphatic carbocycles. The van der Waals surface area contributed by atoms with Gasteiger partial charge < -0.3 is 5.11 Å². The Morgan fingerprint density at radius 3 is 2.15 bits per heavy atom. The Morgan fingerprint density at radius 2 is 1.85 bits per heavy atom. The Morgan fingerprint density at radius 1 is 1.38 bits per heavy atom. The highest BCUT2D eigenvalue weighted by Crippen LogP contribution is 2.27. The maximum Gasteiger partial charge on any atom is 0.216 e. The fraction of sp³-hybridized carbons (Fsp3) is 1.00. The van der Waals surface area contributed by atoms with Crippen molar-refractivity contribution < 1.29 is 13.5 Å². The van der Waals surface area contributed by atoms with Gasteiger partial charge in [0.2, 0.25) is 10.0 Å². The van der Waals surface area contributed by atoms with Crippen LogP contribution in [-0.4, -0.2) is 42.3 Å². The monoisotopic (exact) mass is 207 g/mol. The summed E-state index contributed by atoms with van der Waals surface area (Å²) in [6.07, 6.45) is 0.833. The van der Waals surface area contributed by atoms with Crippen LogP contribution in [0.2, 0.25) is 0 Å². The molecular weight excluding hydrogens is 190 g/mol. The Labute approximate surface area is 79.6 Å². The first-order valence-corrected chi connectivity index (χ1v) is 6.01. The van der Waals surface area contributed by atoms with Crippen molar-refractivity contribution >= 4 is 10.0 Å². The first-order valence-electron chi connectivity index (χ1n) is 4.50. The van der Waals surface area contributed by atoms with Gasteiger partial charge in [0.25, 0.3) is 0 Å². The molecule has 0 heterocycles. The first kappa shape index (κ1) is 10.9. The molecule has 0 saturated heterocycles. The van der Waals surface area contributed by atoms with E-state index in [0.29, 0.717) is 12.8 Å². The summed E-state index contributed by atoms with van der Waals surface area (Å²) in [7, 11) is -1.55. The summed E-state index contributed by atoms with van der Waals surface area (Å²) >= 11 is 0. The minimum absolute atomic E-state index is 0.00222. The number of hydrogen-bond donors (Lipinski definition) is 1. The molecule has 0 aliphatic heterocycles. The summed E-state index contributed by atoms with van der Waals surface area (Å²) in [5, 5.41) is 8.67. The van der Waals surface area contributed by atoms with Gasteiger partial charge in [-0.25, -0.2) is 12.7 Å². The lowest BCUT2D eigenvalue weighted by molar-refractivity contribution is 0.0394.